The number of carbonyl (C=O) groups is 2. The lowest BCUT2D eigenvalue weighted by Gasteiger charge is -2.18. The molecule has 0 saturated carbocycles. The number of amides is 1. The number of methoxy groups -OCH3 is 1. The number of nitrogens with zero attached hydrogens (tertiary/aromatic N) is 1. The van der Waals surface area contributed by atoms with Gasteiger partial charge in [-0.15, -0.1) is 0 Å². The zero-order chi connectivity index (χ0) is 25.2. The van der Waals surface area contributed by atoms with Gasteiger partial charge in [-0.1, -0.05) is 24.3 Å². The van der Waals surface area contributed by atoms with Crippen LogP contribution in [0.2, 0.25) is 0 Å². The number of esters is 1. The smallest absolute Gasteiger partial charge is 0.341 e. The Labute approximate surface area is 208 Å². The number of ether oxygens (including phenoxy) is 2. The second-order valence-electron chi connectivity index (χ2n) is 8.46. The van der Waals surface area contributed by atoms with Gasteiger partial charge in [0.25, 0.3) is 5.91 Å². The van der Waals surface area contributed by atoms with Gasteiger partial charge < -0.3 is 19.4 Å². The van der Waals surface area contributed by atoms with Crippen LogP contribution < -0.4 is 4.74 Å². The van der Waals surface area contributed by atoms with Gasteiger partial charge in [-0.3, -0.25) is 4.79 Å². The SMILES string of the molecule is CCOC(=O)C1=CN(C(=O)c2ccc(F)cc2)CCc2c1[nH]c1ccc(-c3ccccc3OC)cc21. The lowest BCUT2D eigenvalue weighted by molar-refractivity contribution is -0.136. The van der Waals surface area contributed by atoms with Crippen LogP contribution in [-0.4, -0.2) is 42.0 Å². The van der Waals surface area contributed by atoms with E-state index in [1.54, 1.807) is 14.0 Å². The fourth-order valence-electron chi connectivity index (χ4n) is 4.59. The third kappa shape index (κ3) is 4.24. The predicted molar refractivity (Wildman–Crippen MR) is 136 cm³/mol. The fraction of sp³-hybridized carbons (Fsp3) is 0.172. The summed E-state index contributed by atoms with van der Waals surface area (Å²) in [7, 11) is 1.64. The topological polar surface area (TPSA) is 71.6 Å². The maximum Gasteiger partial charge on any atom is 0.341 e. The number of carbonyl (C=O) groups excluding carboxylic acids is 2. The van der Waals surface area contributed by atoms with Gasteiger partial charge in [0.05, 0.1) is 25.0 Å². The maximum absolute atomic E-state index is 13.4. The highest BCUT2D eigenvalue weighted by Gasteiger charge is 2.28. The van der Waals surface area contributed by atoms with Gasteiger partial charge in [-0.05, 0) is 66.9 Å². The second kappa shape index (κ2) is 9.70. The fourth-order valence-corrected chi connectivity index (χ4v) is 4.59. The summed E-state index contributed by atoms with van der Waals surface area (Å²) in [6.07, 6.45) is 2.04. The molecule has 3 aromatic carbocycles. The van der Waals surface area contributed by atoms with E-state index in [1.807, 2.05) is 36.4 Å². The van der Waals surface area contributed by atoms with Crippen LogP contribution >= 0.6 is 0 Å². The first-order valence-corrected chi connectivity index (χ1v) is 11.7. The molecule has 0 saturated heterocycles. The van der Waals surface area contributed by atoms with E-state index < -0.39 is 11.8 Å². The number of halogens is 1. The highest BCUT2D eigenvalue weighted by atomic mass is 19.1. The molecule has 0 unspecified atom stereocenters. The van der Waals surface area contributed by atoms with E-state index in [0.717, 1.165) is 33.3 Å². The standard InChI is InChI=1S/C29H25FN2O4/c1-3-36-29(34)24-17-32(28(33)18-8-11-20(30)12-9-18)15-14-22-23-16-19(10-13-25(23)31-27(22)24)21-6-4-5-7-26(21)35-2/h4-13,16-17,31H,3,14-15H2,1-2H3. The summed E-state index contributed by atoms with van der Waals surface area (Å²) >= 11 is 0. The van der Waals surface area contributed by atoms with Crippen molar-refractivity contribution in [3.8, 4) is 16.9 Å². The van der Waals surface area contributed by atoms with Gasteiger partial charge in [0, 0.05) is 34.8 Å². The number of benzene rings is 3. The van der Waals surface area contributed by atoms with Crippen molar-refractivity contribution in [2.24, 2.45) is 0 Å². The Balaban J connectivity index is 1.60. The molecule has 1 aliphatic rings. The molecule has 5 rings (SSSR count). The number of rotatable bonds is 5. The zero-order valence-corrected chi connectivity index (χ0v) is 20.0. The summed E-state index contributed by atoms with van der Waals surface area (Å²) < 4.78 is 24.3. The number of aromatic nitrogens is 1. The largest absolute Gasteiger partial charge is 0.496 e. The zero-order valence-electron chi connectivity index (χ0n) is 20.0. The number of H-pyrrole nitrogens is 1. The van der Waals surface area contributed by atoms with E-state index >= 15 is 0 Å². The Hall–Kier alpha value is -4.39. The quantitative estimate of drug-likeness (QED) is 0.375. The average Bonchev–Trinajstić information content (AvgIpc) is 3.15. The Morgan fingerprint density at radius 1 is 1.06 bits per heavy atom. The van der Waals surface area contributed by atoms with Crippen LogP contribution in [0.4, 0.5) is 4.39 Å². The summed E-state index contributed by atoms with van der Waals surface area (Å²) in [5.41, 5.74) is 4.99. The van der Waals surface area contributed by atoms with E-state index in [1.165, 1.54) is 35.4 Å². The molecule has 2 heterocycles. The van der Waals surface area contributed by atoms with Crippen molar-refractivity contribution in [1.29, 1.82) is 0 Å². The minimum atomic E-state index is -0.519. The van der Waals surface area contributed by atoms with Crippen molar-refractivity contribution < 1.29 is 23.5 Å². The van der Waals surface area contributed by atoms with Crippen molar-refractivity contribution in [2.75, 3.05) is 20.3 Å². The molecule has 1 aliphatic heterocycles. The molecule has 0 aliphatic carbocycles. The van der Waals surface area contributed by atoms with Crippen LogP contribution in [0.3, 0.4) is 0 Å². The average molecular weight is 485 g/mol. The third-order valence-corrected chi connectivity index (χ3v) is 6.33. The van der Waals surface area contributed by atoms with Crippen LogP contribution in [-0.2, 0) is 16.0 Å². The van der Waals surface area contributed by atoms with Gasteiger partial charge in [0.2, 0.25) is 0 Å². The molecule has 0 bridgehead atoms. The van der Waals surface area contributed by atoms with E-state index in [9.17, 15) is 14.0 Å². The first kappa shape index (κ1) is 23.4. The van der Waals surface area contributed by atoms with Crippen LogP contribution in [0.15, 0.2) is 72.9 Å². The van der Waals surface area contributed by atoms with E-state index in [4.69, 9.17) is 9.47 Å². The van der Waals surface area contributed by atoms with Crippen molar-refractivity contribution in [2.45, 2.75) is 13.3 Å². The molecular formula is C29H25FN2O4. The molecule has 7 heteroatoms. The summed E-state index contributed by atoms with van der Waals surface area (Å²) in [6.45, 7) is 2.29. The molecule has 6 nitrogen and oxygen atoms in total. The van der Waals surface area contributed by atoms with Crippen molar-refractivity contribution in [1.82, 2.24) is 9.88 Å². The van der Waals surface area contributed by atoms with Gasteiger partial charge in [0.1, 0.15) is 11.6 Å². The van der Waals surface area contributed by atoms with Crippen LogP contribution in [0, 0.1) is 5.82 Å². The van der Waals surface area contributed by atoms with Crippen LogP contribution in [0.25, 0.3) is 27.6 Å². The number of fused-ring (bicyclic) bond motifs is 3. The number of hydrogen-bond acceptors (Lipinski definition) is 4. The maximum atomic E-state index is 13.4. The molecule has 1 amide bonds. The van der Waals surface area contributed by atoms with E-state index in [2.05, 4.69) is 11.1 Å². The Kier molecular flexibility index (Phi) is 6.29. The normalized spacial score (nSPS) is 13.1. The lowest BCUT2D eigenvalue weighted by atomic mass is 9.99. The first-order valence-electron chi connectivity index (χ1n) is 11.7. The predicted octanol–water partition coefficient (Wildman–Crippen LogP) is 5.59. The van der Waals surface area contributed by atoms with Crippen molar-refractivity contribution in [3.63, 3.8) is 0 Å². The molecule has 0 atom stereocenters. The Morgan fingerprint density at radius 2 is 1.83 bits per heavy atom. The molecule has 182 valence electrons. The summed E-state index contributed by atoms with van der Waals surface area (Å²) in [4.78, 5) is 31.1. The van der Waals surface area contributed by atoms with Crippen LogP contribution in [0.1, 0.15) is 28.5 Å². The molecule has 0 spiro atoms. The molecule has 36 heavy (non-hydrogen) atoms. The minimum absolute atomic E-state index is 0.204. The molecule has 0 fully saturated rings. The van der Waals surface area contributed by atoms with E-state index in [0.29, 0.717) is 24.2 Å². The molecule has 4 aromatic rings. The monoisotopic (exact) mass is 484 g/mol. The number of hydrogen-bond donors (Lipinski definition) is 1. The highest BCUT2D eigenvalue weighted by molar-refractivity contribution is 6.18. The van der Waals surface area contributed by atoms with Gasteiger partial charge in [-0.25, -0.2) is 9.18 Å². The van der Waals surface area contributed by atoms with Gasteiger partial charge >= 0.3 is 5.97 Å². The Morgan fingerprint density at radius 3 is 2.58 bits per heavy atom. The summed E-state index contributed by atoms with van der Waals surface area (Å²) in [6, 6.07) is 19.2. The van der Waals surface area contributed by atoms with Crippen molar-refractivity contribution in [3.05, 3.63) is 95.6 Å². The van der Waals surface area contributed by atoms with E-state index in [-0.39, 0.29) is 18.1 Å². The molecule has 1 aromatic heterocycles. The number of aromatic amines is 1. The molecular weight excluding hydrogens is 459 g/mol. The lowest BCUT2D eigenvalue weighted by Crippen LogP contribution is -2.28. The van der Waals surface area contributed by atoms with Crippen molar-refractivity contribution >= 4 is 28.4 Å². The highest BCUT2D eigenvalue weighted by Crippen LogP contribution is 2.36. The second-order valence-corrected chi connectivity index (χ2v) is 8.46. The van der Waals surface area contributed by atoms with Gasteiger partial charge in [0.15, 0.2) is 0 Å². The van der Waals surface area contributed by atoms with Crippen LogP contribution in [0.5, 0.6) is 5.75 Å². The number of nitrogens with one attached hydrogen (secondary N) is 1. The first-order chi connectivity index (χ1) is 17.5. The molecule has 0 radical (unpaired) electrons. The minimum Gasteiger partial charge on any atom is -0.496 e. The third-order valence-electron chi connectivity index (χ3n) is 6.33. The number of para-hydroxylation sites is 1. The molecule has 1 N–H and O–H groups in total. The summed E-state index contributed by atoms with van der Waals surface area (Å²) in [5.74, 6) is -0.492. The summed E-state index contributed by atoms with van der Waals surface area (Å²) in [5, 5.41) is 0.958. The van der Waals surface area contributed by atoms with Gasteiger partial charge in [-0.2, -0.15) is 0 Å². The Bertz CT molecular complexity index is 1490.